The molecule has 1 atom stereocenters. The molecule has 0 unspecified atom stereocenters. The Hall–Kier alpha value is -1.84. The SMILES string of the molecule is Cc1ccccc1[C@H](C)NCC(=O)Nc1ccc(Cl)cc1. The van der Waals surface area contributed by atoms with Gasteiger partial charge in [-0.25, -0.2) is 0 Å². The van der Waals surface area contributed by atoms with E-state index in [1.807, 2.05) is 12.1 Å². The molecule has 0 aromatic heterocycles. The fourth-order valence-corrected chi connectivity index (χ4v) is 2.29. The van der Waals surface area contributed by atoms with Crippen molar-refractivity contribution in [1.82, 2.24) is 5.32 Å². The van der Waals surface area contributed by atoms with Crippen molar-refractivity contribution in [2.45, 2.75) is 19.9 Å². The van der Waals surface area contributed by atoms with Crippen molar-refractivity contribution in [1.29, 1.82) is 0 Å². The van der Waals surface area contributed by atoms with Gasteiger partial charge in [0, 0.05) is 16.8 Å². The summed E-state index contributed by atoms with van der Waals surface area (Å²) in [6.07, 6.45) is 0. The van der Waals surface area contributed by atoms with Crippen molar-refractivity contribution >= 4 is 23.2 Å². The largest absolute Gasteiger partial charge is 0.325 e. The lowest BCUT2D eigenvalue weighted by molar-refractivity contribution is -0.115. The molecular formula is C17H19ClN2O. The van der Waals surface area contributed by atoms with E-state index in [1.54, 1.807) is 24.3 Å². The normalized spacial score (nSPS) is 12.0. The van der Waals surface area contributed by atoms with Gasteiger partial charge < -0.3 is 10.6 Å². The number of nitrogens with one attached hydrogen (secondary N) is 2. The average molecular weight is 303 g/mol. The number of anilines is 1. The first-order valence-electron chi connectivity index (χ1n) is 6.90. The molecular weight excluding hydrogens is 284 g/mol. The molecule has 0 fully saturated rings. The zero-order chi connectivity index (χ0) is 15.2. The van der Waals surface area contributed by atoms with Crippen LogP contribution in [0.2, 0.25) is 5.02 Å². The first-order valence-corrected chi connectivity index (χ1v) is 7.28. The maximum Gasteiger partial charge on any atom is 0.238 e. The van der Waals surface area contributed by atoms with E-state index in [0.717, 1.165) is 5.69 Å². The van der Waals surface area contributed by atoms with Gasteiger partial charge in [-0.3, -0.25) is 4.79 Å². The van der Waals surface area contributed by atoms with Crippen LogP contribution in [0.3, 0.4) is 0 Å². The van der Waals surface area contributed by atoms with Crippen LogP contribution in [0.5, 0.6) is 0 Å². The minimum Gasteiger partial charge on any atom is -0.325 e. The average Bonchev–Trinajstić information content (AvgIpc) is 2.48. The maximum atomic E-state index is 11.9. The highest BCUT2D eigenvalue weighted by molar-refractivity contribution is 6.30. The Balaban J connectivity index is 1.86. The molecule has 2 aromatic carbocycles. The molecule has 0 radical (unpaired) electrons. The number of amides is 1. The Labute approximate surface area is 130 Å². The predicted molar refractivity (Wildman–Crippen MR) is 87.7 cm³/mol. The lowest BCUT2D eigenvalue weighted by atomic mass is 10.0. The Kier molecular flexibility index (Phi) is 5.37. The van der Waals surface area contributed by atoms with Crippen molar-refractivity contribution in [3.8, 4) is 0 Å². The van der Waals surface area contributed by atoms with E-state index < -0.39 is 0 Å². The summed E-state index contributed by atoms with van der Waals surface area (Å²) in [4.78, 5) is 11.9. The summed E-state index contributed by atoms with van der Waals surface area (Å²) in [5.41, 5.74) is 3.17. The van der Waals surface area contributed by atoms with Crippen molar-refractivity contribution < 1.29 is 4.79 Å². The van der Waals surface area contributed by atoms with E-state index in [9.17, 15) is 4.79 Å². The molecule has 0 saturated carbocycles. The maximum absolute atomic E-state index is 11.9. The second-order valence-corrected chi connectivity index (χ2v) is 5.45. The minimum absolute atomic E-state index is 0.0715. The zero-order valence-electron chi connectivity index (χ0n) is 12.2. The predicted octanol–water partition coefficient (Wildman–Crippen LogP) is 3.94. The van der Waals surface area contributed by atoms with Crippen LogP contribution >= 0.6 is 11.6 Å². The molecule has 21 heavy (non-hydrogen) atoms. The topological polar surface area (TPSA) is 41.1 Å². The fourth-order valence-electron chi connectivity index (χ4n) is 2.17. The lowest BCUT2D eigenvalue weighted by Gasteiger charge is -2.16. The summed E-state index contributed by atoms with van der Waals surface area (Å²) in [5.74, 6) is -0.0715. The van der Waals surface area contributed by atoms with Gasteiger partial charge in [-0.2, -0.15) is 0 Å². The van der Waals surface area contributed by atoms with Crippen LogP contribution in [0.15, 0.2) is 48.5 Å². The molecule has 4 heteroatoms. The van der Waals surface area contributed by atoms with Gasteiger partial charge in [0.2, 0.25) is 5.91 Å². The molecule has 0 aliphatic carbocycles. The molecule has 0 aliphatic rings. The Morgan fingerprint density at radius 1 is 1.14 bits per heavy atom. The van der Waals surface area contributed by atoms with Gasteiger partial charge >= 0.3 is 0 Å². The zero-order valence-corrected chi connectivity index (χ0v) is 12.9. The van der Waals surface area contributed by atoms with Gasteiger partial charge in [0.25, 0.3) is 0 Å². The first kappa shape index (κ1) is 15.5. The summed E-state index contributed by atoms with van der Waals surface area (Å²) < 4.78 is 0. The quantitative estimate of drug-likeness (QED) is 0.878. The van der Waals surface area contributed by atoms with Crippen LogP contribution in [0.1, 0.15) is 24.1 Å². The highest BCUT2D eigenvalue weighted by Gasteiger charge is 2.09. The highest BCUT2D eigenvalue weighted by atomic mass is 35.5. The minimum atomic E-state index is -0.0715. The van der Waals surface area contributed by atoms with Crippen molar-refractivity contribution in [2.75, 3.05) is 11.9 Å². The third kappa shape index (κ3) is 4.59. The smallest absolute Gasteiger partial charge is 0.238 e. The highest BCUT2D eigenvalue weighted by Crippen LogP contribution is 2.16. The standard InChI is InChI=1S/C17H19ClN2O/c1-12-5-3-4-6-16(12)13(2)19-11-17(21)20-15-9-7-14(18)8-10-15/h3-10,13,19H,11H2,1-2H3,(H,20,21)/t13-/m0/s1. The molecule has 3 nitrogen and oxygen atoms in total. The second kappa shape index (κ2) is 7.25. The monoisotopic (exact) mass is 302 g/mol. The summed E-state index contributed by atoms with van der Waals surface area (Å²) in [5, 5.41) is 6.72. The Morgan fingerprint density at radius 3 is 2.48 bits per heavy atom. The molecule has 110 valence electrons. The van der Waals surface area contributed by atoms with Crippen LogP contribution in [0, 0.1) is 6.92 Å². The van der Waals surface area contributed by atoms with Crippen LogP contribution in [-0.4, -0.2) is 12.5 Å². The number of benzene rings is 2. The number of halogens is 1. The third-order valence-corrected chi connectivity index (χ3v) is 3.60. The molecule has 0 aliphatic heterocycles. The number of aryl methyl sites for hydroxylation is 1. The Morgan fingerprint density at radius 2 is 1.81 bits per heavy atom. The van der Waals surface area contributed by atoms with Gasteiger partial charge in [0.05, 0.1) is 6.54 Å². The van der Waals surface area contributed by atoms with Gasteiger partial charge in [-0.15, -0.1) is 0 Å². The number of carbonyl (C=O) groups excluding carboxylic acids is 1. The van der Waals surface area contributed by atoms with Crippen molar-refractivity contribution in [3.05, 3.63) is 64.7 Å². The van der Waals surface area contributed by atoms with E-state index in [2.05, 4.69) is 36.6 Å². The first-order chi connectivity index (χ1) is 10.1. The van der Waals surface area contributed by atoms with Crippen LogP contribution in [0.4, 0.5) is 5.69 Å². The molecule has 1 amide bonds. The molecule has 0 spiro atoms. The number of carbonyl (C=O) groups is 1. The second-order valence-electron chi connectivity index (χ2n) is 5.01. The summed E-state index contributed by atoms with van der Waals surface area (Å²) >= 11 is 5.81. The molecule has 2 N–H and O–H groups in total. The van der Waals surface area contributed by atoms with Gasteiger partial charge in [-0.05, 0) is 49.2 Å². The van der Waals surface area contributed by atoms with Gasteiger partial charge in [-0.1, -0.05) is 35.9 Å². The Bertz CT molecular complexity index is 610. The van der Waals surface area contributed by atoms with Crippen LogP contribution in [-0.2, 0) is 4.79 Å². The molecule has 2 rings (SSSR count). The van der Waals surface area contributed by atoms with E-state index >= 15 is 0 Å². The van der Waals surface area contributed by atoms with E-state index in [1.165, 1.54) is 11.1 Å². The van der Waals surface area contributed by atoms with Crippen molar-refractivity contribution in [2.24, 2.45) is 0 Å². The van der Waals surface area contributed by atoms with Gasteiger partial charge in [0.15, 0.2) is 0 Å². The third-order valence-electron chi connectivity index (χ3n) is 3.35. The van der Waals surface area contributed by atoms with E-state index in [0.29, 0.717) is 5.02 Å². The number of rotatable bonds is 5. The fraction of sp³-hybridized carbons (Fsp3) is 0.235. The molecule has 2 aromatic rings. The number of hydrogen-bond acceptors (Lipinski definition) is 2. The molecule has 0 saturated heterocycles. The van der Waals surface area contributed by atoms with E-state index in [4.69, 9.17) is 11.6 Å². The van der Waals surface area contributed by atoms with Gasteiger partial charge in [0.1, 0.15) is 0 Å². The molecule has 0 heterocycles. The summed E-state index contributed by atoms with van der Waals surface area (Å²) in [6, 6.07) is 15.4. The number of hydrogen-bond donors (Lipinski definition) is 2. The van der Waals surface area contributed by atoms with Crippen LogP contribution < -0.4 is 10.6 Å². The lowest BCUT2D eigenvalue weighted by Crippen LogP contribution is -2.30. The summed E-state index contributed by atoms with van der Waals surface area (Å²) in [7, 11) is 0. The molecule has 0 bridgehead atoms. The van der Waals surface area contributed by atoms with E-state index in [-0.39, 0.29) is 18.5 Å². The van der Waals surface area contributed by atoms with Crippen LogP contribution in [0.25, 0.3) is 0 Å². The summed E-state index contributed by atoms with van der Waals surface area (Å²) in [6.45, 7) is 4.39. The van der Waals surface area contributed by atoms with Crippen molar-refractivity contribution in [3.63, 3.8) is 0 Å².